The largest absolute Gasteiger partial charge is 0.460 e. The third kappa shape index (κ3) is 4.04. The zero-order valence-electron chi connectivity index (χ0n) is 12.3. The fourth-order valence-electron chi connectivity index (χ4n) is 1.44. The van der Waals surface area contributed by atoms with Gasteiger partial charge in [-0.25, -0.2) is 0 Å². The highest BCUT2D eigenvalue weighted by atomic mass is 31.2. The van der Waals surface area contributed by atoms with Gasteiger partial charge >= 0.3 is 49.3 Å². The van der Waals surface area contributed by atoms with Crippen molar-refractivity contribution in [2.24, 2.45) is 0 Å². The smallest absolute Gasteiger partial charge is 0.324 e. The van der Waals surface area contributed by atoms with Gasteiger partial charge in [-0.2, -0.15) is 65.9 Å². The molecule has 0 amide bonds. The van der Waals surface area contributed by atoms with Crippen LogP contribution in [0, 0.1) is 0 Å². The molecule has 19 heteroatoms. The van der Waals surface area contributed by atoms with E-state index in [2.05, 4.69) is 0 Å². The normalized spacial score (nSPS) is 16.5. The molecule has 0 aromatic carbocycles. The highest BCUT2D eigenvalue weighted by Crippen LogP contribution is 2.62. The Hall–Kier alpha value is -0.900. The van der Waals surface area contributed by atoms with Gasteiger partial charge in [-0.05, 0) is 0 Å². The molecule has 28 heavy (non-hydrogen) atoms. The van der Waals surface area contributed by atoms with Crippen LogP contribution in [0.15, 0.2) is 0 Å². The standard InChI is InChI=1S/C9H6F15O3P/c10-3(11,1-2-28(25,26)27)4(12,13)5(14,15)6(16,17)7(18,19)8(20,21)9(22,23)24/h1-2H2,(H2,25,26,27). The summed E-state index contributed by atoms with van der Waals surface area (Å²) >= 11 is 0. The SMILES string of the molecule is O=P(O)(O)CCC(F)(F)C(F)(F)C(F)(F)C(F)(F)C(F)(F)C(F)(F)C(F)(F)F. The molecule has 0 radical (unpaired) electrons. The van der Waals surface area contributed by atoms with Gasteiger partial charge in [-0.1, -0.05) is 0 Å². The van der Waals surface area contributed by atoms with E-state index in [0.717, 1.165) is 0 Å². The number of hydrogen-bond donors (Lipinski definition) is 2. The zero-order valence-corrected chi connectivity index (χ0v) is 13.2. The minimum Gasteiger partial charge on any atom is -0.324 e. The third-order valence-electron chi connectivity index (χ3n) is 3.11. The Morgan fingerprint density at radius 1 is 0.536 bits per heavy atom. The van der Waals surface area contributed by atoms with Gasteiger partial charge in [0.2, 0.25) is 0 Å². The second-order valence-corrected chi connectivity index (χ2v) is 6.99. The van der Waals surface area contributed by atoms with E-state index in [1.807, 2.05) is 0 Å². The highest BCUT2D eigenvalue weighted by molar-refractivity contribution is 7.51. The molecule has 0 bridgehead atoms. The van der Waals surface area contributed by atoms with Crippen LogP contribution in [0.25, 0.3) is 0 Å². The summed E-state index contributed by atoms with van der Waals surface area (Å²) in [6.45, 7) is 0. The molecule has 170 valence electrons. The average molecular weight is 478 g/mol. The van der Waals surface area contributed by atoms with Gasteiger partial charge < -0.3 is 9.79 Å². The van der Waals surface area contributed by atoms with Gasteiger partial charge in [-0.3, -0.25) is 4.57 Å². The van der Waals surface area contributed by atoms with Crippen LogP contribution < -0.4 is 0 Å². The van der Waals surface area contributed by atoms with E-state index >= 15 is 0 Å². The van der Waals surface area contributed by atoms with E-state index in [1.54, 1.807) is 0 Å². The molecule has 0 aromatic heterocycles. The Morgan fingerprint density at radius 3 is 1.11 bits per heavy atom. The monoisotopic (exact) mass is 478 g/mol. The Balaban J connectivity index is 6.35. The second kappa shape index (κ2) is 6.82. The van der Waals surface area contributed by atoms with E-state index in [-0.39, 0.29) is 0 Å². The molecule has 0 aromatic rings. The Morgan fingerprint density at radius 2 is 0.821 bits per heavy atom. The van der Waals surface area contributed by atoms with Crippen LogP contribution in [0.1, 0.15) is 6.42 Å². The van der Waals surface area contributed by atoms with Crippen molar-refractivity contribution in [3.8, 4) is 0 Å². The highest BCUT2D eigenvalue weighted by Gasteiger charge is 2.93. The van der Waals surface area contributed by atoms with Crippen molar-refractivity contribution in [2.45, 2.75) is 48.1 Å². The summed E-state index contributed by atoms with van der Waals surface area (Å²) < 4.78 is 201. The maximum atomic E-state index is 13.2. The first-order valence-corrected chi connectivity index (χ1v) is 7.88. The second-order valence-electron chi connectivity index (χ2n) is 5.21. The molecule has 2 N–H and O–H groups in total. The first-order valence-electron chi connectivity index (χ1n) is 6.09. The first kappa shape index (κ1) is 27.1. The summed E-state index contributed by atoms with van der Waals surface area (Å²) in [7, 11) is -5.67. The molecule has 3 nitrogen and oxygen atoms in total. The lowest BCUT2D eigenvalue weighted by Gasteiger charge is -2.41. The van der Waals surface area contributed by atoms with E-state index in [0.29, 0.717) is 0 Å². The molecule has 0 saturated heterocycles. The minimum absolute atomic E-state index is 2.38. The summed E-state index contributed by atoms with van der Waals surface area (Å²) in [5.74, 6) is -47.5. The maximum absolute atomic E-state index is 13.2. The first-order chi connectivity index (χ1) is 11.7. The summed E-state index contributed by atoms with van der Waals surface area (Å²) in [5.41, 5.74) is 0. The summed E-state index contributed by atoms with van der Waals surface area (Å²) in [4.78, 5) is 16.4. The minimum atomic E-state index is -8.41. The molecule has 0 aliphatic heterocycles. The Bertz CT molecular complexity index is 619. The predicted molar refractivity (Wildman–Crippen MR) is 57.3 cm³/mol. The molecule has 0 rings (SSSR count). The van der Waals surface area contributed by atoms with Gasteiger partial charge in [0, 0.05) is 6.42 Å². The maximum Gasteiger partial charge on any atom is 0.460 e. The van der Waals surface area contributed by atoms with E-state index in [4.69, 9.17) is 9.79 Å². The van der Waals surface area contributed by atoms with Crippen LogP contribution in [-0.4, -0.2) is 57.7 Å². The molecule has 0 aliphatic rings. The van der Waals surface area contributed by atoms with Gasteiger partial charge in [0.1, 0.15) is 0 Å². The van der Waals surface area contributed by atoms with E-state index in [1.165, 1.54) is 0 Å². The molecule has 0 aliphatic carbocycles. The van der Waals surface area contributed by atoms with Gasteiger partial charge in [0.05, 0.1) is 6.16 Å². The number of halogens is 15. The Kier molecular flexibility index (Phi) is 6.60. The van der Waals surface area contributed by atoms with Crippen molar-refractivity contribution >= 4 is 7.60 Å². The van der Waals surface area contributed by atoms with Crippen LogP contribution in [0.4, 0.5) is 65.9 Å². The lowest BCUT2D eigenvalue weighted by molar-refractivity contribution is -0.452. The van der Waals surface area contributed by atoms with Crippen LogP contribution >= 0.6 is 7.60 Å². The number of hydrogen-bond acceptors (Lipinski definition) is 1. The van der Waals surface area contributed by atoms with Crippen LogP contribution in [0.3, 0.4) is 0 Å². The predicted octanol–water partition coefficient (Wildman–Crippen LogP) is 4.93. The zero-order chi connectivity index (χ0) is 23.4. The van der Waals surface area contributed by atoms with Crippen molar-refractivity contribution in [1.29, 1.82) is 0 Å². The van der Waals surface area contributed by atoms with Crippen molar-refractivity contribution in [2.75, 3.05) is 6.16 Å². The summed E-state index contributed by atoms with van der Waals surface area (Å²) in [5, 5.41) is 0. The van der Waals surface area contributed by atoms with E-state index < -0.39 is 61.9 Å². The van der Waals surface area contributed by atoms with Crippen molar-refractivity contribution in [3.05, 3.63) is 0 Å². The van der Waals surface area contributed by atoms with Crippen molar-refractivity contribution in [3.63, 3.8) is 0 Å². The number of rotatable bonds is 8. The molecule has 0 saturated carbocycles. The quantitative estimate of drug-likeness (QED) is 0.385. The lowest BCUT2D eigenvalue weighted by atomic mass is 9.90. The molecule has 0 heterocycles. The molecular formula is C9H6F15O3P. The molecule has 0 fully saturated rings. The number of alkyl halides is 15. The van der Waals surface area contributed by atoms with Crippen molar-refractivity contribution in [1.82, 2.24) is 0 Å². The molecule has 0 atom stereocenters. The fourth-order valence-corrected chi connectivity index (χ4v) is 2.01. The average Bonchev–Trinajstić information content (AvgIpc) is 2.42. The van der Waals surface area contributed by atoms with E-state index in [9.17, 15) is 70.4 Å². The topological polar surface area (TPSA) is 57.5 Å². The molecule has 0 spiro atoms. The van der Waals surface area contributed by atoms with Gasteiger partial charge in [0.25, 0.3) is 0 Å². The lowest BCUT2D eigenvalue weighted by Crippen LogP contribution is -2.72. The van der Waals surface area contributed by atoms with Gasteiger partial charge in [0.15, 0.2) is 0 Å². The van der Waals surface area contributed by atoms with Crippen LogP contribution in [0.2, 0.25) is 0 Å². The fraction of sp³-hybridized carbons (Fsp3) is 1.00. The summed E-state index contributed by atoms with van der Waals surface area (Å²) in [6, 6.07) is 0. The van der Waals surface area contributed by atoms with Gasteiger partial charge in [-0.15, -0.1) is 0 Å². The summed E-state index contributed by atoms with van der Waals surface area (Å²) in [6.07, 6.45) is -13.1. The molecule has 0 unspecified atom stereocenters. The third-order valence-corrected chi connectivity index (χ3v) is 3.92. The Labute approximate surface area is 143 Å². The van der Waals surface area contributed by atoms with Crippen LogP contribution in [0.5, 0.6) is 0 Å². The van der Waals surface area contributed by atoms with Crippen molar-refractivity contribution < 1.29 is 80.2 Å². The molecular weight excluding hydrogens is 472 g/mol. The van der Waals surface area contributed by atoms with Crippen LogP contribution in [-0.2, 0) is 4.57 Å².